The van der Waals surface area contributed by atoms with Gasteiger partial charge in [-0.1, -0.05) is 11.8 Å². The lowest BCUT2D eigenvalue weighted by Crippen LogP contribution is -2.27. The van der Waals surface area contributed by atoms with E-state index in [-0.39, 0.29) is 5.91 Å². The van der Waals surface area contributed by atoms with Crippen LogP contribution in [0, 0.1) is 0 Å². The predicted molar refractivity (Wildman–Crippen MR) is 82.9 cm³/mol. The molecule has 2 aromatic rings. The van der Waals surface area contributed by atoms with Crippen LogP contribution in [-0.4, -0.2) is 29.0 Å². The zero-order valence-corrected chi connectivity index (χ0v) is 12.6. The molecular weight excluding hydrogens is 284 g/mol. The number of carbonyl (C=O) groups excluding carboxylic acids is 1. The summed E-state index contributed by atoms with van der Waals surface area (Å²) in [6, 6.07) is 4.05. The number of pyridine rings is 2. The monoisotopic (exact) mass is 300 g/mol. The number of nitrogens with zero attached hydrogens (tertiary/aromatic N) is 3. The number of hydrogen-bond donors (Lipinski definition) is 1. The summed E-state index contributed by atoms with van der Waals surface area (Å²) in [5.74, 6) is 0.0101. The molecule has 0 atom stereocenters. The molecule has 0 saturated heterocycles. The van der Waals surface area contributed by atoms with Crippen LogP contribution in [0.25, 0.3) is 0 Å². The summed E-state index contributed by atoms with van der Waals surface area (Å²) < 4.78 is 0. The molecule has 0 radical (unpaired) electrons. The first-order valence-electron chi connectivity index (χ1n) is 6.83. The molecule has 5 nitrogen and oxygen atoms in total. The maximum Gasteiger partial charge on any atom is 0.216 e. The molecule has 2 aromatic heterocycles. The molecule has 3 heterocycles. The third-order valence-corrected chi connectivity index (χ3v) is 4.36. The quantitative estimate of drug-likeness (QED) is 0.880. The minimum Gasteiger partial charge on any atom is -0.356 e. The Labute approximate surface area is 127 Å². The molecule has 0 aliphatic carbocycles. The van der Waals surface area contributed by atoms with Gasteiger partial charge in [0.1, 0.15) is 0 Å². The molecule has 0 aromatic carbocycles. The molecule has 0 saturated carbocycles. The lowest BCUT2D eigenvalue weighted by molar-refractivity contribution is -0.118. The van der Waals surface area contributed by atoms with E-state index in [1.807, 2.05) is 36.9 Å². The van der Waals surface area contributed by atoms with Gasteiger partial charge in [-0.05, 0) is 18.6 Å². The highest BCUT2D eigenvalue weighted by Crippen LogP contribution is 2.46. The van der Waals surface area contributed by atoms with Crippen LogP contribution in [0.4, 0.5) is 11.4 Å². The van der Waals surface area contributed by atoms with Crippen molar-refractivity contribution in [2.45, 2.75) is 23.1 Å². The van der Waals surface area contributed by atoms with Gasteiger partial charge in [-0.3, -0.25) is 14.8 Å². The Kier molecular flexibility index (Phi) is 4.06. The number of amides is 1. The lowest BCUT2D eigenvalue weighted by Gasteiger charge is -2.32. The summed E-state index contributed by atoms with van der Waals surface area (Å²) >= 11 is 1.72. The van der Waals surface area contributed by atoms with E-state index in [0.29, 0.717) is 6.54 Å². The Bertz CT molecular complexity index is 616. The summed E-state index contributed by atoms with van der Waals surface area (Å²) in [6.07, 6.45) is 8.28. The fourth-order valence-electron chi connectivity index (χ4n) is 2.33. The molecular formula is C15H16N4OS. The van der Waals surface area contributed by atoms with Crippen LogP contribution in [0.2, 0.25) is 0 Å². The average Bonchev–Trinajstić information content (AvgIpc) is 2.50. The van der Waals surface area contributed by atoms with Crippen molar-refractivity contribution in [2.24, 2.45) is 0 Å². The second-order valence-corrected chi connectivity index (χ2v) is 5.86. The third kappa shape index (κ3) is 3.00. The van der Waals surface area contributed by atoms with Crippen molar-refractivity contribution in [3.63, 3.8) is 0 Å². The molecule has 1 aliphatic heterocycles. The first-order chi connectivity index (χ1) is 10.3. The Morgan fingerprint density at radius 2 is 2.00 bits per heavy atom. The predicted octanol–water partition coefficient (Wildman–Crippen LogP) is 2.61. The Morgan fingerprint density at radius 1 is 1.19 bits per heavy atom. The number of nitrogens with one attached hydrogen (secondary N) is 1. The van der Waals surface area contributed by atoms with Crippen molar-refractivity contribution in [3.05, 3.63) is 36.9 Å². The Hall–Kier alpha value is -2.08. The van der Waals surface area contributed by atoms with Gasteiger partial charge < -0.3 is 10.2 Å². The van der Waals surface area contributed by atoms with Crippen LogP contribution < -0.4 is 10.2 Å². The second-order valence-electron chi connectivity index (χ2n) is 4.78. The molecule has 0 unspecified atom stereocenters. The standard InChI is InChI=1S/C15H16N4OS/c1-11(20)18-5-2-8-19-12-3-6-17-10-15(12)21-14-4-7-16-9-13(14)19/h3-4,6-7,9-10H,2,5,8H2,1H3,(H,18,20). The molecule has 3 rings (SSSR count). The van der Waals surface area contributed by atoms with E-state index in [1.165, 1.54) is 11.8 Å². The van der Waals surface area contributed by atoms with Crippen LogP contribution >= 0.6 is 11.8 Å². The highest BCUT2D eigenvalue weighted by molar-refractivity contribution is 7.99. The van der Waals surface area contributed by atoms with E-state index in [1.54, 1.807) is 11.8 Å². The number of fused-ring (bicyclic) bond motifs is 2. The molecule has 0 spiro atoms. The maximum absolute atomic E-state index is 10.9. The fraction of sp³-hybridized carbons (Fsp3) is 0.267. The Balaban J connectivity index is 1.83. The van der Waals surface area contributed by atoms with Crippen LogP contribution in [0.1, 0.15) is 13.3 Å². The summed E-state index contributed by atoms with van der Waals surface area (Å²) in [4.78, 5) is 24.0. The summed E-state index contributed by atoms with van der Waals surface area (Å²) in [5, 5.41) is 2.83. The fourth-order valence-corrected chi connectivity index (χ4v) is 3.36. The highest BCUT2D eigenvalue weighted by atomic mass is 32.2. The summed E-state index contributed by atoms with van der Waals surface area (Å²) in [5.41, 5.74) is 2.27. The first-order valence-corrected chi connectivity index (χ1v) is 7.65. The van der Waals surface area contributed by atoms with Gasteiger partial charge in [-0.2, -0.15) is 0 Å². The van der Waals surface area contributed by atoms with Crippen molar-refractivity contribution in [2.75, 3.05) is 18.0 Å². The van der Waals surface area contributed by atoms with Crippen molar-refractivity contribution in [1.29, 1.82) is 0 Å². The van der Waals surface area contributed by atoms with Gasteiger partial charge in [0.05, 0.1) is 22.5 Å². The minimum atomic E-state index is 0.0101. The van der Waals surface area contributed by atoms with E-state index in [2.05, 4.69) is 20.2 Å². The molecule has 6 heteroatoms. The number of anilines is 2. The first kappa shape index (κ1) is 13.9. The number of rotatable bonds is 4. The molecule has 1 aliphatic rings. The van der Waals surface area contributed by atoms with E-state index >= 15 is 0 Å². The van der Waals surface area contributed by atoms with Crippen LogP contribution in [0.15, 0.2) is 46.7 Å². The van der Waals surface area contributed by atoms with Crippen molar-refractivity contribution >= 4 is 29.0 Å². The molecule has 1 N–H and O–H groups in total. The van der Waals surface area contributed by atoms with Gasteiger partial charge >= 0.3 is 0 Å². The largest absolute Gasteiger partial charge is 0.356 e. The van der Waals surface area contributed by atoms with Crippen molar-refractivity contribution in [3.8, 4) is 0 Å². The highest BCUT2D eigenvalue weighted by Gasteiger charge is 2.23. The zero-order valence-electron chi connectivity index (χ0n) is 11.7. The topological polar surface area (TPSA) is 58.1 Å². The van der Waals surface area contributed by atoms with Gasteiger partial charge in [0, 0.05) is 43.5 Å². The molecule has 0 bridgehead atoms. The van der Waals surface area contributed by atoms with Crippen LogP contribution in [0.5, 0.6) is 0 Å². The van der Waals surface area contributed by atoms with Gasteiger partial charge in [0.25, 0.3) is 0 Å². The number of carbonyl (C=O) groups is 1. The molecule has 108 valence electrons. The van der Waals surface area contributed by atoms with Gasteiger partial charge in [-0.15, -0.1) is 0 Å². The van der Waals surface area contributed by atoms with Gasteiger partial charge in [-0.25, -0.2) is 0 Å². The van der Waals surface area contributed by atoms with Gasteiger partial charge in [0.15, 0.2) is 0 Å². The summed E-state index contributed by atoms with van der Waals surface area (Å²) in [6.45, 7) is 3.04. The average molecular weight is 300 g/mol. The normalized spacial score (nSPS) is 12.5. The third-order valence-electron chi connectivity index (χ3n) is 3.26. The SMILES string of the molecule is CC(=O)NCCCN1c2ccncc2Sc2ccncc21. The Morgan fingerprint density at radius 3 is 2.86 bits per heavy atom. The van der Waals surface area contributed by atoms with Crippen LogP contribution in [-0.2, 0) is 4.79 Å². The molecule has 21 heavy (non-hydrogen) atoms. The number of aromatic nitrogens is 2. The smallest absolute Gasteiger partial charge is 0.216 e. The lowest BCUT2D eigenvalue weighted by atomic mass is 10.2. The molecule has 1 amide bonds. The summed E-state index contributed by atoms with van der Waals surface area (Å²) in [7, 11) is 0. The van der Waals surface area contributed by atoms with E-state index in [4.69, 9.17) is 0 Å². The van der Waals surface area contributed by atoms with Crippen molar-refractivity contribution < 1.29 is 4.79 Å². The van der Waals surface area contributed by atoms with Crippen molar-refractivity contribution in [1.82, 2.24) is 15.3 Å². The van der Waals surface area contributed by atoms with E-state index < -0.39 is 0 Å². The second kappa shape index (κ2) is 6.13. The van der Waals surface area contributed by atoms with E-state index in [0.717, 1.165) is 29.2 Å². The number of hydrogen-bond acceptors (Lipinski definition) is 5. The minimum absolute atomic E-state index is 0.0101. The molecule has 0 fully saturated rings. The van der Waals surface area contributed by atoms with Gasteiger partial charge in [0.2, 0.25) is 5.91 Å². The zero-order chi connectivity index (χ0) is 14.7. The van der Waals surface area contributed by atoms with E-state index in [9.17, 15) is 4.79 Å². The van der Waals surface area contributed by atoms with Crippen LogP contribution in [0.3, 0.4) is 0 Å². The maximum atomic E-state index is 10.9.